The van der Waals surface area contributed by atoms with Gasteiger partial charge in [-0.3, -0.25) is 4.90 Å². The summed E-state index contributed by atoms with van der Waals surface area (Å²) in [4.78, 5) is 29.2. The molecule has 150 valence electrons. The summed E-state index contributed by atoms with van der Waals surface area (Å²) in [5.41, 5.74) is 1.83. The van der Waals surface area contributed by atoms with Crippen LogP contribution in [0, 0.1) is 0 Å². The maximum Gasteiger partial charge on any atom is 0.325 e. The molecule has 9 heteroatoms. The average molecular weight is 412 g/mol. The molecule has 1 unspecified atom stereocenters. The van der Waals surface area contributed by atoms with Crippen molar-refractivity contribution in [2.75, 3.05) is 29.9 Å². The van der Waals surface area contributed by atoms with Crippen LogP contribution in [0.5, 0.6) is 0 Å². The Balaban J connectivity index is 1.47. The minimum atomic E-state index is -0.111. The zero-order chi connectivity index (χ0) is 20.4. The molecule has 0 spiro atoms. The number of halogens is 1. The first-order valence-corrected chi connectivity index (χ1v) is 9.89. The molecule has 1 aromatic carbocycles. The monoisotopic (exact) mass is 411 g/mol. The van der Waals surface area contributed by atoms with Gasteiger partial charge in [0.2, 0.25) is 5.95 Å². The Kier molecular flexibility index (Phi) is 5.35. The van der Waals surface area contributed by atoms with Crippen molar-refractivity contribution < 1.29 is 4.79 Å². The van der Waals surface area contributed by atoms with Crippen molar-refractivity contribution in [1.82, 2.24) is 24.4 Å². The van der Waals surface area contributed by atoms with E-state index in [1.54, 1.807) is 28.4 Å². The maximum atomic E-state index is 12.4. The SMILES string of the molecule is CCN1CCN(c2ccnc(NC(C)c3cn(-c4ccc(Cl)cc4)cn3)n2)C1=O. The lowest BCUT2D eigenvalue weighted by molar-refractivity contribution is 0.223. The van der Waals surface area contributed by atoms with E-state index in [-0.39, 0.29) is 12.1 Å². The van der Waals surface area contributed by atoms with Crippen molar-refractivity contribution in [3.05, 3.63) is 59.8 Å². The lowest BCUT2D eigenvalue weighted by Gasteiger charge is -2.18. The molecule has 1 saturated heterocycles. The Morgan fingerprint density at radius 1 is 1.17 bits per heavy atom. The van der Waals surface area contributed by atoms with Gasteiger partial charge in [0.1, 0.15) is 5.82 Å². The van der Waals surface area contributed by atoms with Crippen LogP contribution in [0.4, 0.5) is 16.6 Å². The molecular weight excluding hydrogens is 390 g/mol. The van der Waals surface area contributed by atoms with Crippen molar-refractivity contribution in [2.24, 2.45) is 0 Å². The Morgan fingerprint density at radius 3 is 2.69 bits per heavy atom. The van der Waals surface area contributed by atoms with E-state index in [0.29, 0.717) is 36.4 Å². The summed E-state index contributed by atoms with van der Waals surface area (Å²) in [6, 6.07) is 9.18. The predicted molar refractivity (Wildman–Crippen MR) is 113 cm³/mol. The van der Waals surface area contributed by atoms with Gasteiger partial charge in [-0.25, -0.2) is 14.8 Å². The number of carbonyl (C=O) groups excluding carboxylic acids is 1. The van der Waals surface area contributed by atoms with Gasteiger partial charge in [0.05, 0.1) is 18.1 Å². The largest absolute Gasteiger partial charge is 0.346 e. The van der Waals surface area contributed by atoms with Crippen LogP contribution >= 0.6 is 11.6 Å². The topological polar surface area (TPSA) is 79.2 Å². The second-order valence-electron chi connectivity index (χ2n) is 6.80. The zero-order valence-electron chi connectivity index (χ0n) is 16.3. The lowest BCUT2D eigenvalue weighted by Crippen LogP contribution is -2.32. The highest BCUT2D eigenvalue weighted by molar-refractivity contribution is 6.30. The van der Waals surface area contributed by atoms with Gasteiger partial charge in [0.25, 0.3) is 0 Å². The summed E-state index contributed by atoms with van der Waals surface area (Å²) in [6.07, 6.45) is 5.37. The summed E-state index contributed by atoms with van der Waals surface area (Å²) in [5, 5.41) is 3.96. The number of aromatic nitrogens is 4. The minimum absolute atomic E-state index is 0.0214. The number of imidazole rings is 1. The fourth-order valence-electron chi connectivity index (χ4n) is 3.24. The number of hydrogen-bond acceptors (Lipinski definition) is 5. The first kappa shape index (κ1) is 19.2. The zero-order valence-corrected chi connectivity index (χ0v) is 17.0. The molecule has 0 saturated carbocycles. The number of benzene rings is 1. The molecule has 29 heavy (non-hydrogen) atoms. The van der Waals surface area contributed by atoms with Crippen LogP contribution in [0.25, 0.3) is 5.69 Å². The van der Waals surface area contributed by atoms with E-state index in [1.165, 1.54) is 0 Å². The number of carbonyl (C=O) groups is 1. The first-order chi connectivity index (χ1) is 14.0. The van der Waals surface area contributed by atoms with E-state index in [2.05, 4.69) is 20.3 Å². The smallest absolute Gasteiger partial charge is 0.325 e. The minimum Gasteiger partial charge on any atom is -0.346 e. The highest BCUT2D eigenvalue weighted by Gasteiger charge is 2.29. The molecule has 1 atom stereocenters. The van der Waals surface area contributed by atoms with E-state index in [4.69, 9.17) is 11.6 Å². The van der Waals surface area contributed by atoms with Crippen molar-refractivity contribution in [2.45, 2.75) is 19.9 Å². The number of nitrogens with one attached hydrogen (secondary N) is 1. The molecule has 1 N–H and O–H groups in total. The van der Waals surface area contributed by atoms with Gasteiger partial charge >= 0.3 is 6.03 Å². The molecule has 3 aromatic rings. The maximum absolute atomic E-state index is 12.4. The third kappa shape index (κ3) is 4.02. The Morgan fingerprint density at radius 2 is 1.97 bits per heavy atom. The molecule has 8 nitrogen and oxygen atoms in total. The van der Waals surface area contributed by atoms with Crippen molar-refractivity contribution in [1.29, 1.82) is 0 Å². The Labute approximate surface area is 174 Å². The van der Waals surface area contributed by atoms with Gasteiger partial charge in [-0.05, 0) is 44.2 Å². The molecule has 1 fully saturated rings. The van der Waals surface area contributed by atoms with E-state index < -0.39 is 0 Å². The van der Waals surface area contributed by atoms with Gasteiger partial charge in [0.15, 0.2) is 0 Å². The highest BCUT2D eigenvalue weighted by Crippen LogP contribution is 2.22. The van der Waals surface area contributed by atoms with Crippen LogP contribution in [-0.2, 0) is 0 Å². The molecule has 0 radical (unpaired) electrons. The average Bonchev–Trinajstić information content (AvgIpc) is 3.36. The number of likely N-dealkylation sites (N-methyl/N-ethyl adjacent to an activating group) is 1. The lowest BCUT2D eigenvalue weighted by atomic mass is 10.2. The quantitative estimate of drug-likeness (QED) is 0.668. The van der Waals surface area contributed by atoms with Crippen LogP contribution in [0.2, 0.25) is 5.02 Å². The Bertz CT molecular complexity index is 1000. The van der Waals surface area contributed by atoms with Gasteiger partial charge < -0.3 is 14.8 Å². The predicted octanol–water partition coefficient (Wildman–Crippen LogP) is 3.75. The van der Waals surface area contributed by atoms with Gasteiger partial charge in [0, 0.05) is 42.7 Å². The number of anilines is 2. The van der Waals surface area contributed by atoms with Crippen molar-refractivity contribution in [3.63, 3.8) is 0 Å². The summed E-state index contributed by atoms with van der Waals surface area (Å²) < 4.78 is 1.93. The normalized spacial score (nSPS) is 15.1. The summed E-state index contributed by atoms with van der Waals surface area (Å²) >= 11 is 5.95. The molecular formula is C20H22ClN7O. The van der Waals surface area contributed by atoms with Crippen LogP contribution in [-0.4, -0.2) is 50.1 Å². The van der Waals surface area contributed by atoms with E-state index in [9.17, 15) is 4.79 Å². The molecule has 2 aromatic heterocycles. The number of rotatable bonds is 6. The van der Waals surface area contributed by atoms with E-state index in [0.717, 1.165) is 11.4 Å². The molecule has 0 aliphatic carbocycles. The standard InChI is InChI=1S/C20H22ClN7O/c1-3-26-10-11-28(20(26)29)18-8-9-22-19(25-18)24-14(2)17-12-27(13-23-17)16-6-4-15(21)5-7-16/h4-9,12-14H,3,10-11H2,1-2H3,(H,22,24,25). The van der Waals surface area contributed by atoms with Crippen LogP contribution in [0.15, 0.2) is 49.1 Å². The summed E-state index contributed by atoms with van der Waals surface area (Å²) in [5.74, 6) is 1.06. The van der Waals surface area contributed by atoms with Gasteiger partial charge in [-0.15, -0.1) is 0 Å². The third-order valence-electron chi connectivity index (χ3n) is 4.91. The van der Waals surface area contributed by atoms with Crippen molar-refractivity contribution in [3.8, 4) is 5.69 Å². The van der Waals surface area contributed by atoms with Crippen LogP contribution in [0.3, 0.4) is 0 Å². The molecule has 4 rings (SSSR count). The summed E-state index contributed by atoms with van der Waals surface area (Å²) in [7, 11) is 0. The van der Waals surface area contributed by atoms with Crippen molar-refractivity contribution >= 4 is 29.4 Å². The Hall–Kier alpha value is -3.13. The molecule has 0 bridgehead atoms. The number of amides is 2. The van der Waals surface area contributed by atoms with E-state index >= 15 is 0 Å². The van der Waals surface area contributed by atoms with Gasteiger partial charge in [-0.2, -0.15) is 4.98 Å². The fraction of sp³-hybridized carbons (Fsp3) is 0.300. The first-order valence-electron chi connectivity index (χ1n) is 9.51. The second kappa shape index (κ2) is 8.08. The molecule has 3 heterocycles. The van der Waals surface area contributed by atoms with Gasteiger partial charge in [-0.1, -0.05) is 11.6 Å². The number of nitrogens with zero attached hydrogens (tertiary/aromatic N) is 6. The van der Waals surface area contributed by atoms with Crippen LogP contribution < -0.4 is 10.2 Å². The molecule has 2 amide bonds. The summed E-state index contributed by atoms with van der Waals surface area (Å²) in [6.45, 7) is 5.99. The molecule has 1 aliphatic heterocycles. The van der Waals surface area contributed by atoms with E-state index in [1.807, 2.05) is 48.9 Å². The second-order valence-corrected chi connectivity index (χ2v) is 7.24. The fourth-order valence-corrected chi connectivity index (χ4v) is 3.37. The highest BCUT2D eigenvalue weighted by atomic mass is 35.5. The third-order valence-corrected chi connectivity index (χ3v) is 5.16. The number of hydrogen-bond donors (Lipinski definition) is 1. The number of urea groups is 1. The van der Waals surface area contributed by atoms with Crippen LogP contribution in [0.1, 0.15) is 25.6 Å². The molecule has 1 aliphatic rings.